The molecule has 0 aliphatic carbocycles. The van der Waals surface area contributed by atoms with Crippen molar-refractivity contribution in [3.05, 3.63) is 71.2 Å². The zero-order chi connectivity index (χ0) is 19.8. The molecule has 0 bridgehead atoms. The van der Waals surface area contributed by atoms with E-state index in [-0.39, 0.29) is 17.4 Å². The molecule has 144 valence electrons. The molecule has 1 fully saturated rings. The number of carbonyl (C=O) groups excluding carboxylic acids is 1. The third-order valence-electron chi connectivity index (χ3n) is 4.87. The maximum Gasteiger partial charge on any atom is 0.276 e. The van der Waals surface area contributed by atoms with Gasteiger partial charge in [-0.15, -0.1) is 0 Å². The van der Waals surface area contributed by atoms with E-state index in [1.54, 1.807) is 4.90 Å². The molecule has 8 heteroatoms. The number of halogens is 3. The monoisotopic (exact) mass is 388 g/mol. The number of aromatic hydroxyl groups is 1. The van der Waals surface area contributed by atoms with Crippen LogP contribution in [0.4, 0.5) is 13.2 Å². The maximum atomic E-state index is 14.0. The minimum Gasteiger partial charge on any atom is -0.503 e. The molecule has 1 amide bonds. The lowest BCUT2D eigenvalue weighted by Crippen LogP contribution is -2.28. The highest BCUT2D eigenvalue weighted by Gasteiger charge is 2.30. The van der Waals surface area contributed by atoms with E-state index in [4.69, 9.17) is 4.52 Å². The number of rotatable bonds is 3. The Kier molecular flexibility index (Phi) is 4.54. The molecule has 1 aliphatic heterocycles. The van der Waals surface area contributed by atoms with E-state index in [0.717, 1.165) is 18.1 Å². The van der Waals surface area contributed by atoms with Gasteiger partial charge in [0.1, 0.15) is 0 Å². The Morgan fingerprint density at radius 2 is 1.89 bits per heavy atom. The lowest BCUT2D eigenvalue weighted by atomic mass is 9.99. The summed E-state index contributed by atoms with van der Waals surface area (Å²) in [5.41, 5.74) is 0.539. The summed E-state index contributed by atoms with van der Waals surface area (Å²) in [6.45, 7) is 1.03. The summed E-state index contributed by atoms with van der Waals surface area (Å²) >= 11 is 0. The van der Waals surface area contributed by atoms with E-state index in [0.29, 0.717) is 19.2 Å². The Labute approximate surface area is 158 Å². The van der Waals surface area contributed by atoms with Crippen LogP contribution in [0.25, 0.3) is 11.3 Å². The highest BCUT2D eigenvalue weighted by molar-refractivity contribution is 5.93. The van der Waals surface area contributed by atoms with Gasteiger partial charge in [-0.3, -0.25) is 4.79 Å². The summed E-state index contributed by atoms with van der Waals surface area (Å²) in [6.07, 6.45) is 0.798. The van der Waals surface area contributed by atoms with E-state index < -0.39 is 34.7 Å². The van der Waals surface area contributed by atoms with E-state index >= 15 is 0 Å². The first-order valence-corrected chi connectivity index (χ1v) is 8.63. The van der Waals surface area contributed by atoms with Gasteiger partial charge in [0.25, 0.3) is 5.91 Å². The van der Waals surface area contributed by atoms with Crippen molar-refractivity contribution in [2.24, 2.45) is 0 Å². The Morgan fingerprint density at radius 1 is 1.14 bits per heavy atom. The van der Waals surface area contributed by atoms with Crippen LogP contribution in [0.5, 0.6) is 5.75 Å². The smallest absolute Gasteiger partial charge is 0.276 e. The summed E-state index contributed by atoms with van der Waals surface area (Å²) in [6, 6.07) is 11.5. The normalized spacial score (nSPS) is 16.5. The van der Waals surface area contributed by atoms with Crippen LogP contribution in [0.2, 0.25) is 0 Å². The molecule has 0 radical (unpaired) electrons. The molecule has 1 N–H and O–H groups in total. The fraction of sp³-hybridized carbons (Fsp3) is 0.200. The van der Waals surface area contributed by atoms with Crippen LogP contribution in [-0.2, 0) is 0 Å². The number of likely N-dealkylation sites (tertiary alicyclic amines) is 1. The summed E-state index contributed by atoms with van der Waals surface area (Å²) in [5.74, 6) is -6.46. The Morgan fingerprint density at radius 3 is 2.64 bits per heavy atom. The predicted octanol–water partition coefficient (Wildman–Crippen LogP) is 4.09. The van der Waals surface area contributed by atoms with Gasteiger partial charge < -0.3 is 14.5 Å². The lowest BCUT2D eigenvalue weighted by molar-refractivity contribution is 0.0780. The molecule has 28 heavy (non-hydrogen) atoms. The van der Waals surface area contributed by atoms with E-state index in [1.165, 1.54) is 0 Å². The number of phenols is 1. The summed E-state index contributed by atoms with van der Waals surface area (Å²) in [7, 11) is 0. The average molecular weight is 388 g/mol. The zero-order valence-electron chi connectivity index (χ0n) is 14.5. The molecule has 2 heterocycles. The van der Waals surface area contributed by atoms with Crippen molar-refractivity contribution in [1.82, 2.24) is 10.1 Å². The third kappa shape index (κ3) is 3.11. The average Bonchev–Trinajstić information content (AvgIpc) is 3.39. The lowest BCUT2D eigenvalue weighted by Gasteiger charge is -2.15. The van der Waals surface area contributed by atoms with Crippen LogP contribution >= 0.6 is 0 Å². The molecule has 2 aromatic carbocycles. The van der Waals surface area contributed by atoms with Crippen LogP contribution in [-0.4, -0.2) is 34.2 Å². The van der Waals surface area contributed by atoms with Gasteiger partial charge in [0.15, 0.2) is 28.8 Å². The van der Waals surface area contributed by atoms with Crippen LogP contribution in [0.3, 0.4) is 0 Å². The van der Waals surface area contributed by atoms with Gasteiger partial charge in [-0.1, -0.05) is 35.5 Å². The number of nitrogens with zero attached hydrogens (tertiary/aromatic N) is 2. The van der Waals surface area contributed by atoms with Gasteiger partial charge in [0.05, 0.1) is 5.56 Å². The standard InChI is InChI=1S/C20H15F3N2O3/c21-14-8-13(17(22)19(26)18(14)23)16-9-15(24-28-16)20(27)25-7-6-12(10-25)11-4-2-1-3-5-11/h1-5,8-9,12,26H,6-7,10H2. The third-order valence-corrected chi connectivity index (χ3v) is 4.87. The van der Waals surface area contributed by atoms with Crippen LogP contribution in [0.1, 0.15) is 28.4 Å². The quantitative estimate of drug-likeness (QED) is 0.687. The van der Waals surface area contributed by atoms with Gasteiger partial charge in [-0.2, -0.15) is 4.39 Å². The summed E-state index contributed by atoms with van der Waals surface area (Å²) in [5, 5.41) is 13.0. The van der Waals surface area contributed by atoms with Crippen LogP contribution in [0.15, 0.2) is 47.0 Å². The highest BCUT2D eigenvalue weighted by atomic mass is 19.2. The highest BCUT2D eigenvalue weighted by Crippen LogP contribution is 2.33. The van der Waals surface area contributed by atoms with E-state index in [2.05, 4.69) is 5.16 Å². The van der Waals surface area contributed by atoms with Gasteiger partial charge in [-0.25, -0.2) is 8.78 Å². The molecule has 0 spiro atoms. The Hall–Kier alpha value is -3.29. The van der Waals surface area contributed by atoms with E-state index in [1.807, 2.05) is 30.3 Å². The SMILES string of the molecule is O=C(c1cc(-c2cc(F)c(F)c(O)c2F)on1)N1CCC(c2ccccc2)C1. The number of amides is 1. The first-order chi connectivity index (χ1) is 13.5. The topological polar surface area (TPSA) is 66.6 Å². The maximum absolute atomic E-state index is 14.0. The number of phenolic OH excluding ortho intramolecular Hbond substituents is 1. The summed E-state index contributed by atoms with van der Waals surface area (Å²) < 4.78 is 45.7. The number of aromatic nitrogens is 1. The molecule has 1 aliphatic rings. The van der Waals surface area contributed by atoms with Crippen molar-refractivity contribution in [2.45, 2.75) is 12.3 Å². The van der Waals surface area contributed by atoms with Crippen molar-refractivity contribution in [2.75, 3.05) is 13.1 Å². The van der Waals surface area contributed by atoms with Crippen LogP contribution < -0.4 is 0 Å². The van der Waals surface area contributed by atoms with Crippen molar-refractivity contribution in [1.29, 1.82) is 0 Å². The molecule has 1 atom stereocenters. The Balaban J connectivity index is 1.55. The molecule has 4 rings (SSSR count). The van der Waals surface area contributed by atoms with Gasteiger partial charge >= 0.3 is 0 Å². The fourth-order valence-electron chi connectivity index (χ4n) is 3.38. The number of hydrogen-bond donors (Lipinski definition) is 1. The molecular formula is C20H15F3N2O3. The zero-order valence-corrected chi connectivity index (χ0v) is 14.5. The molecule has 5 nitrogen and oxygen atoms in total. The molecular weight excluding hydrogens is 373 g/mol. The second-order valence-electron chi connectivity index (χ2n) is 6.61. The molecule has 3 aromatic rings. The molecule has 1 unspecified atom stereocenters. The molecule has 1 aromatic heterocycles. The van der Waals surface area contributed by atoms with Gasteiger partial charge in [0, 0.05) is 25.1 Å². The number of carbonyl (C=O) groups is 1. The van der Waals surface area contributed by atoms with Crippen molar-refractivity contribution >= 4 is 5.91 Å². The number of benzene rings is 2. The fourth-order valence-corrected chi connectivity index (χ4v) is 3.38. The molecule has 0 saturated carbocycles. The van der Waals surface area contributed by atoms with Crippen molar-refractivity contribution in [3.63, 3.8) is 0 Å². The first kappa shape index (κ1) is 18.1. The molecule has 1 saturated heterocycles. The van der Waals surface area contributed by atoms with Crippen molar-refractivity contribution in [3.8, 4) is 17.1 Å². The second-order valence-corrected chi connectivity index (χ2v) is 6.61. The van der Waals surface area contributed by atoms with Crippen LogP contribution in [0, 0.1) is 17.5 Å². The van der Waals surface area contributed by atoms with Gasteiger partial charge in [0.2, 0.25) is 5.82 Å². The number of hydrogen-bond acceptors (Lipinski definition) is 4. The minimum absolute atomic E-state index is 0.0765. The summed E-state index contributed by atoms with van der Waals surface area (Å²) in [4.78, 5) is 14.3. The largest absolute Gasteiger partial charge is 0.503 e. The van der Waals surface area contributed by atoms with E-state index in [9.17, 15) is 23.1 Å². The Bertz CT molecular complexity index is 1040. The predicted molar refractivity (Wildman–Crippen MR) is 93.2 cm³/mol. The van der Waals surface area contributed by atoms with Gasteiger partial charge in [-0.05, 0) is 18.1 Å². The first-order valence-electron chi connectivity index (χ1n) is 8.63. The van der Waals surface area contributed by atoms with Crippen molar-refractivity contribution < 1.29 is 27.6 Å². The second kappa shape index (κ2) is 7.03. The minimum atomic E-state index is -1.69.